The van der Waals surface area contributed by atoms with Crippen molar-refractivity contribution < 1.29 is 38.9 Å². The monoisotopic (exact) mass is 931 g/mol. The molecule has 68 heavy (non-hydrogen) atoms. The minimum Gasteiger partial charge on any atom is -0.465 e. The Morgan fingerprint density at radius 2 is 0.912 bits per heavy atom. The molecule has 10 rings (SSSR count). The molecule has 4 amide bonds. The Morgan fingerprint density at radius 3 is 1.24 bits per heavy atom. The third-order valence-corrected chi connectivity index (χ3v) is 16.6. The van der Waals surface area contributed by atoms with E-state index in [1.165, 1.54) is 23.9 Å². The van der Waals surface area contributed by atoms with Gasteiger partial charge in [-0.2, -0.15) is 0 Å². The molecule has 0 spiro atoms. The number of carbonyl (C=O) groups is 4. The molecule has 2 aromatic heterocycles. The van der Waals surface area contributed by atoms with E-state index in [9.17, 15) is 29.4 Å². The number of nitrogens with zero attached hydrogens (tertiary/aromatic N) is 6. The predicted molar refractivity (Wildman–Crippen MR) is 253 cm³/mol. The number of imidazole rings is 2. The molecule has 0 bridgehead atoms. The Kier molecular flexibility index (Phi) is 11.5. The van der Waals surface area contributed by atoms with Crippen LogP contribution < -0.4 is 0 Å². The van der Waals surface area contributed by atoms with Gasteiger partial charge in [0.2, 0.25) is 11.8 Å². The summed E-state index contributed by atoms with van der Waals surface area (Å²) >= 11 is 0. The Bertz CT molecular complexity index is 2380. The molecular formula is C52H66N8O8. The number of fused-ring (bicyclic) bond motifs is 2. The van der Waals surface area contributed by atoms with E-state index in [-0.39, 0.29) is 83.1 Å². The summed E-state index contributed by atoms with van der Waals surface area (Å²) in [5.41, 5.74) is 5.62. The summed E-state index contributed by atoms with van der Waals surface area (Å²) in [6.07, 6.45) is 6.95. The first-order valence-corrected chi connectivity index (χ1v) is 24.5. The lowest BCUT2D eigenvalue weighted by molar-refractivity contribution is -0.144. The number of hydrogen-bond acceptors (Lipinski definition) is 8. The number of amides is 4. The van der Waals surface area contributed by atoms with Crippen molar-refractivity contribution in [3.05, 3.63) is 72.6 Å². The third-order valence-electron chi connectivity index (χ3n) is 16.6. The standard InChI is InChI=1S/C52H66N8O8/c1-27-17-35(18-28(2)67-27)43(57(7)49(63)64)47(61)59-39(21-51(5)23-41(51)59)45-53-25-37(55-45)33-13-9-31(10-14-33)32-11-15-34(16-12-32)38-26-54-46(56-38)40-22-52(6)24-42(52)60(40)48(62)44(58(8)50(65)66)36-19-29(3)68-30(4)20-36/h9-16,25-30,35-36,39-44H,17-24H2,1-8H3,(H,53,55)(H,54,56)(H,63,64)(H,65,66)/t27-,28-,29-,30-,39+,40+,41-,42-,43+,44+,51+,52+/m1/s1. The van der Waals surface area contributed by atoms with Gasteiger partial charge in [-0.15, -0.1) is 0 Å². The van der Waals surface area contributed by atoms with Gasteiger partial charge in [-0.25, -0.2) is 19.6 Å². The zero-order valence-electron chi connectivity index (χ0n) is 40.4. The average molecular weight is 931 g/mol. The lowest BCUT2D eigenvalue weighted by atomic mass is 9.84. The molecule has 4 N–H and O–H groups in total. The fraction of sp³-hybridized carbons (Fsp3) is 0.577. The molecule has 2 saturated carbocycles. The van der Waals surface area contributed by atoms with Crippen molar-refractivity contribution in [2.24, 2.45) is 22.7 Å². The number of hydrogen-bond donors (Lipinski definition) is 4. The predicted octanol–water partition coefficient (Wildman–Crippen LogP) is 8.60. The molecule has 16 heteroatoms. The Labute approximate surface area is 397 Å². The van der Waals surface area contributed by atoms with E-state index in [1.807, 2.05) is 49.9 Å². The molecule has 6 heterocycles. The summed E-state index contributed by atoms with van der Waals surface area (Å²) in [5, 5.41) is 20.2. The van der Waals surface area contributed by atoms with Gasteiger partial charge in [0.05, 0.1) is 60.3 Å². The molecule has 6 aliphatic rings. The first-order chi connectivity index (χ1) is 32.3. The number of carboxylic acid groups (broad SMARTS) is 2. The number of carbonyl (C=O) groups excluding carboxylic acids is 2. The van der Waals surface area contributed by atoms with Crippen LogP contribution in [0.4, 0.5) is 9.59 Å². The van der Waals surface area contributed by atoms with Crippen molar-refractivity contribution in [3.63, 3.8) is 0 Å². The third kappa shape index (κ3) is 8.24. The number of likely N-dealkylation sites (tertiary alicyclic amines) is 2. The van der Waals surface area contributed by atoms with Crippen LogP contribution in [-0.2, 0) is 19.1 Å². The normalized spacial score (nSPS) is 33.6. The summed E-state index contributed by atoms with van der Waals surface area (Å²) < 4.78 is 11.9. The summed E-state index contributed by atoms with van der Waals surface area (Å²) in [6, 6.07) is 14.5. The number of benzene rings is 2. The number of piperidine rings is 2. The van der Waals surface area contributed by atoms with Crippen molar-refractivity contribution in [2.45, 2.75) is 154 Å². The number of ether oxygens (including phenoxy) is 2. The van der Waals surface area contributed by atoms with E-state index in [0.29, 0.717) is 37.3 Å². The molecule has 4 aliphatic heterocycles. The van der Waals surface area contributed by atoms with Gasteiger partial charge in [-0.3, -0.25) is 19.4 Å². The van der Waals surface area contributed by atoms with Gasteiger partial charge < -0.3 is 39.5 Å². The second-order valence-electron chi connectivity index (χ2n) is 21.9. The van der Waals surface area contributed by atoms with Crippen LogP contribution in [0, 0.1) is 22.7 Å². The van der Waals surface area contributed by atoms with Crippen molar-refractivity contribution in [1.29, 1.82) is 0 Å². The summed E-state index contributed by atoms with van der Waals surface area (Å²) in [7, 11) is 3.03. The second kappa shape index (κ2) is 17.0. The quantitative estimate of drug-likeness (QED) is 0.113. The molecule has 4 saturated heterocycles. The van der Waals surface area contributed by atoms with Crippen LogP contribution in [0.5, 0.6) is 0 Å². The maximum atomic E-state index is 14.6. The van der Waals surface area contributed by atoms with Crippen LogP contribution in [-0.4, -0.2) is 136 Å². The van der Waals surface area contributed by atoms with E-state index in [1.54, 1.807) is 0 Å². The highest BCUT2D eigenvalue weighted by Gasteiger charge is 2.66. The number of rotatable bonds is 11. The van der Waals surface area contributed by atoms with Crippen molar-refractivity contribution in [3.8, 4) is 33.6 Å². The van der Waals surface area contributed by atoms with Gasteiger partial charge in [-0.1, -0.05) is 62.4 Å². The van der Waals surface area contributed by atoms with E-state index in [0.717, 1.165) is 59.3 Å². The summed E-state index contributed by atoms with van der Waals surface area (Å²) in [6.45, 7) is 12.4. The molecule has 0 unspecified atom stereocenters. The SMILES string of the molecule is C[C@@H]1CC([C@@H](C(=O)N2[C@H](c3ncc(-c4ccc(-c5ccc(-c6cnc([C@@H]7C[C@@]8(C)C[C@H]8N7C(=O)[C@H](C7C[C@@H](C)O[C@H](C)C7)N(C)C(=O)O)[nH]6)cc5)cc4)[nH]3)C[C@@]3(C)C[C@@H]23)N(C)C(=O)O)C[C@@H](C)O1. The molecule has 12 atom stereocenters. The number of H-pyrrole nitrogens is 2. The molecule has 4 aromatic rings. The van der Waals surface area contributed by atoms with Gasteiger partial charge in [0, 0.05) is 26.2 Å². The Balaban J connectivity index is 0.829. The largest absolute Gasteiger partial charge is 0.465 e. The minimum absolute atomic E-state index is 0.0297. The zero-order chi connectivity index (χ0) is 48.1. The molecule has 2 aromatic carbocycles. The number of likely N-dealkylation sites (N-methyl/N-ethyl adjacent to an activating group) is 2. The topological polar surface area (TPSA) is 198 Å². The van der Waals surface area contributed by atoms with Crippen LogP contribution in [0.25, 0.3) is 33.6 Å². The Hall–Kier alpha value is -5.74. The number of aromatic amines is 2. The van der Waals surface area contributed by atoms with E-state index >= 15 is 0 Å². The van der Waals surface area contributed by atoms with Crippen LogP contribution >= 0.6 is 0 Å². The van der Waals surface area contributed by atoms with Crippen molar-refractivity contribution in [2.75, 3.05) is 14.1 Å². The number of aromatic nitrogens is 4. The maximum Gasteiger partial charge on any atom is 0.407 e. The molecular weight excluding hydrogens is 865 g/mol. The molecule has 6 fully saturated rings. The van der Waals surface area contributed by atoms with Crippen molar-refractivity contribution >= 4 is 24.0 Å². The maximum absolute atomic E-state index is 14.6. The second-order valence-corrected chi connectivity index (χ2v) is 21.9. The fourth-order valence-electron chi connectivity index (χ4n) is 13.0. The van der Waals surface area contributed by atoms with E-state index < -0.39 is 24.3 Å². The lowest BCUT2D eigenvalue weighted by Crippen LogP contribution is -2.55. The average Bonchev–Trinajstić information content (AvgIpc) is 3.73. The van der Waals surface area contributed by atoms with Gasteiger partial charge in [0.15, 0.2) is 0 Å². The van der Waals surface area contributed by atoms with Crippen LogP contribution in [0.15, 0.2) is 60.9 Å². The summed E-state index contributed by atoms with van der Waals surface area (Å²) in [4.78, 5) is 77.1. The summed E-state index contributed by atoms with van der Waals surface area (Å²) in [5.74, 6) is 0.816. The number of nitrogens with one attached hydrogen (secondary N) is 2. The van der Waals surface area contributed by atoms with Crippen LogP contribution in [0.2, 0.25) is 0 Å². The van der Waals surface area contributed by atoms with Gasteiger partial charge >= 0.3 is 12.2 Å². The van der Waals surface area contributed by atoms with Crippen molar-refractivity contribution in [1.82, 2.24) is 39.5 Å². The van der Waals surface area contributed by atoms with E-state index in [4.69, 9.17) is 19.4 Å². The zero-order valence-corrected chi connectivity index (χ0v) is 40.4. The minimum atomic E-state index is -1.11. The first kappa shape index (κ1) is 46.0. The van der Waals surface area contributed by atoms with Gasteiger partial charge in [0.25, 0.3) is 0 Å². The van der Waals surface area contributed by atoms with Gasteiger partial charge in [0.1, 0.15) is 23.7 Å². The molecule has 16 nitrogen and oxygen atoms in total. The first-order valence-electron chi connectivity index (χ1n) is 24.5. The molecule has 0 radical (unpaired) electrons. The molecule has 362 valence electrons. The molecule has 2 aliphatic carbocycles. The highest BCUT2D eigenvalue weighted by atomic mass is 16.5. The lowest BCUT2D eigenvalue weighted by Gasteiger charge is -2.41. The fourth-order valence-corrected chi connectivity index (χ4v) is 13.0. The van der Waals surface area contributed by atoms with Crippen LogP contribution in [0.1, 0.15) is 117 Å². The highest BCUT2D eigenvalue weighted by Crippen LogP contribution is 2.64. The Morgan fingerprint density at radius 1 is 0.588 bits per heavy atom. The van der Waals surface area contributed by atoms with Crippen LogP contribution in [0.3, 0.4) is 0 Å². The van der Waals surface area contributed by atoms with E-state index in [2.05, 4.69) is 72.3 Å². The smallest absolute Gasteiger partial charge is 0.407 e. The van der Waals surface area contributed by atoms with Gasteiger partial charge in [-0.05, 0) is 124 Å². The highest BCUT2D eigenvalue weighted by molar-refractivity contribution is 5.88.